The van der Waals surface area contributed by atoms with E-state index in [1.54, 1.807) is 42.5 Å². The Morgan fingerprint density at radius 1 is 0.710 bits per heavy atom. The van der Waals surface area contributed by atoms with Crippen molar-refractivity contribution in [3.63, 3.8) is 0 Å². The minimum atomic E-state index is -5.61. The van der Waals surface area contributed by atoms with Gasteiger partial charge in [-0.3, -0.25) is 0 Å². The van der Waals surface area contributed by atoms with Gasteiger partial charge in [-0.2, -0.15) is 26.3 Å². The quantitative estimate of drug-likeness (QED) is 0.280. The van der Waals surface area contributed by atoms with Gasteiger partial charge >= 0.3 is 17.8 Å². The summed E-state index contributed by atoms with van der Waals surface area (Å²) in [6, 6.07) is 12.8. The first-order chi connectivity index (χ1) is 14.5. The van der Waals surface area contributed by atoms with Crippen molar-refractivity contribution in [2.45, 2.75) is 31.6 Å². The van der Waals surface area contributed by atoms with E-state index in [4.69, 9.17) is 4.42 Å². The van der Waals surface area contributed by atoms with Crippen LogP contribution in [0.25, 0.3) is 32.2 Å². The zero-order valence-electron chi connectivity index (χ0n) is 16.2. The Bertz CT molecular complexity index is 1290. The highest BCUT2D eigenvalue weighted by Gasteiger charge is 2.81. The first kappa shape index (κ1) is 20.2. The van der Waals surface area contributed by atoms with Crippen molar-refractivity contribution in [3.8, 4) is 0 Å². The van der Waals surface area contributed by atoms with Crippen molar-refractivity contribution >= 4 is 43.5 Å². The largest absolute Gasteiger partial charge is 0.456 e. The highest BCUT2D eigenvalue weighted by Crippen LogP contribution is 2.66. The molecule has 1 aliphatic carbocycles. The molecule has 1 nitrogen and oxygen atoms in total. The van der Waals surface area contributed by atoms with Gasteiger partial charge in [0.2, 0.25) is 0 Å². The van der Waals surface area contributed by atoms with E-state index >= 15 is 17.6 Å². The second-order valence-corrected chi connectivity index (χ2v) is 8.63. The van der Waals surface area contributed by atoms with E-state index < -0.39 is 34.7 Å². The standard InChI is InChI=1S/C23H14F6OS/c1-11-13-7-3-5-9-15(13)30-19(11)17-18(22(26,27)23(28,29)21(17,24)25)20-12(2)14-8-4-6-10-16(14)31-20/h3-10H,1-2H3. The predicted octanol–water partition coefficient (Wildman–Crippen LogP) is 8.09. The van der Waals surface area contributed by atoms with Crippen LogP contribution in [0.15, 0.2) is 52.9 Å². The maximum Gasteiger partial charge on any atom is 0.380 e. The van der Waals surface area contributed by atoms with E-state index in [2.05, 4.69) is 0 Å². The van der Waals surface area contributed by atoms with Gasteiger partial charge in [0.05, 0.1) is 11.1 Å². The molecule has 2 aromatic carbocycles. The molecule has 5 rings (SSSR count). The molecule has 31 heavy (non-hydrogen) atoms. The third-order valence-electron chi connectivity index (χ3n) is 5.81. The Morgan fingerprint density at radius 3 is 1.94 bits per heavy atom. The van der Waals surface area contributed by atoms with Crippen LogP contribution in [0.5, 0.6) is 0 Å². The summed E-state index contributed by atoms with van der Waals surface area (Å²) >= 11 is 0.790. The molecular formula is C23H14F6OS. The lowest BCUT2D eigenvalue weighted by Gasteiger charge is -2.25. The zero-order valence-corrected chi connectivity index (χ0v) is 17.0. The molecule has 1 aliphatic rings. The molecule has 0 N–H and O–H groups in total. The fraction of sp³-hybridized carbons (Fsp3) is 0.217. The molecule has 8 heteroatoms. The Hall–Kier alpha value is -2.74. The molecule has 0 fully saturated rings. The van der Waals surface area contributed by atoms with Crippen LogP contribution < -0.4 is 0 Å². The van der Waals surface area contributed by atoms with Crippen molar-refractivity contribution in [2.75, 3.05) is 0 Å². The number of benzene rings is 2. The van der Waals surface area contributed by atoms with Gasteiger partial charge in [-0.15, -0.1) is 11.3 Å². The molecular weight excluding hydrogens is 438 g/mol. The van der Waals surface area contributed by atoms with Crippen molar-refractivity contribution in [2.24, 2.45) is 0 Å². The van der Waals surface area contributed by atoms with Gasteiger partial charge in [-0.25, -0.2) is 0 Å². The maximum absolute atomic E-state index is 15.1. The van der Waals surface area contributed by atoms with Gasteiger partial charge in [0, 0.05) is 20.5 Å². The summed E-state index contributed by atoms with van der Waals surface area (Å²) in [6.07, 6.45) is 0. The Kier molecular flexibility index (Phi) is 4.01. The van der Waals surface area contributed by atoms with Gasteiger partial charge in [-0.05, 0) is 36.9 Å². The molecule has 0 bridgehead atoms. The molecule has 0 unspecified atom stereocenters. The number of thiophene rings is 1. The van der Waals surface area contributed by atoms with E-state index in [1.807, 2.05) is 0 Å². The second kappa shape index (κ2) is 6.16. The van der Waals surface area contributed by atoms with Gasteiger partial charge in [0.1, 0.15) is 11.3 Å². The van der Waals surface area contributed by atoms with E-state index in [0.29, 0.717) is 15.5 Å². The number of para-hydroxylation sites is 1. The molecule has 2 aromatic heterocycles. The van der Waals surface area contributed by atoms with Crippen molar-refractivity contribution in [3.05, 3.63) is 70.3 Å². The molecule has 0 atom stereocenters. The lowest BCUT2D eigenvalue weighted by molar-refractivity contribution is -0.254. The summed E-state index contributed by atoms with van der Waals surface area (Å²) in [5, 5.41) is 0.941. The molecule has 2 heterocycles. The lowest BCUT2D eigenvalue weighted by atomic mass is 9.98. The van der Waals surface area contributed by atoms with Crippen LogP contribution in [0.2, 0.25) is 0 Å². The normalized spacial score (nSPS) is 19.6. The number of halogens is 6. The minimum Gasteiger partial charge on any atom is -0.456 e. The predicted molar refractivity (Wildman–Crippen MR) is 109 cm³/mol. The zero-order chi connectivity index (χ0) is 22.3. The highest BCUT2D eigenvalue weighted by molar-refractivity contribution is 7.20. The van der Waals surface area contributed by atoms with E-state index in [1.165, 1.54) is 19.9 Å². The molecule has 0 saturated heterocycles. The molecule has 0 spiro atoms. The average Bonchev–Trinajstić information content (AvgIpc) is 3.25. The van der Waals surface area contributed by atoms with E-state index in [9.17, 15) is 8.78 Å². The van der Waals surface area contributed by atoms with Crippen LogP contribution in [0.4, 0.5) is 26.3 Å². The van der Waals surface area contributed by atoms with Crippen LogP contribution in [0.3, 0.4) is 0 Å². The van der Waals surface area contributed by atoms with Crippen molar-refractivity contribution in [1.82, 2.24) is 0 Å². The fourth-order valence-electron chi connectivity index (χ4n) is 4.16. The summed E-state index contributed by atoms with van der Waals surface area (Å²) < 4.78 is 95.4. The Labute approximate surface area is 176 Å². The van der Waals surface area contributed by atoms with Gasteiger partial charge in [0.15, 0.2) is 0 Å². The fourth-order valence-corrected chi connectivity index (χ4v) is 5.46. The number of fused-ring (bicyclic) bond motifs is 2. The van der Waals surface area contributed by atoms with Crippen LogP contribution >= 0.6 is 11.3 Å². The van der Waals surface area contributed by atoms with Crippen molar-refractivity contribution < 1.29 is 30.8 Å². The first-order valence-corrected chi connectivity index (χ1v) is 10.2. The van der Waals surface area contributed by atoms with E-state index in [0.717, 1.165) is 11.3 Å². The molecule has 0 saturated carbocycles. The third-order valence-corrected chi connectivity index (χ3v) is 7.10. The number of hydrogen-bond donors (Lipinski definition) is 0. The molecule has 0 amide bonds. The summed E-state index contributed by atoms with van der Waals surface area (Å²) in [6.45, 7) is 2.86. The first-order valence-electron chi connectivity index (χ1n) is 9.36. The molecule has 160 valence electrons. The molecule has 0 radical (unpaired) electrons. The van der Waals surface area contributed by atoms with Crippen molar-refractivity contribution in [1.29, 1.82) is 0 Å². The highest BCUT2D eigenvalue weighted by atomic mass is 32.1. The molecule has 4 aromatic rings. The summed E-state index contributed by atoms with van der Waals surface area (Å²) in [5.41, 5.74) is -2.32. The Balaban J connectivity index is 1.94. The van der Waals surface area contributed by atoms with Crippen LogP contribution in [-0.4, -0.2) is 17.8 Å². The summed E-state index contributed by atoms with van der Waals surface area (Å²) in [4.78, 5) is -0.294. The Morgan fingerprint density at radius 2 is 1.29 bits per heavy atom. The van der Waals surface area contributed by atoms with Gasteiger partial charge in [0.25, 0.3) is 0 Å². The monoisotopic (exact) mass is 452 g/mol. The van der Waals surface area contributed by atoms with Gasteiger partial charge in [-0.1, -0.05) is 36.4 Å². The maximum atomic E-state index is 15.1. The second-order valence-electron chi connectivity index (χ2n) is 7.58. The third kappa shape index (κ3) is 2.39. The van der Waals surface area contributed by atoms with E-state index in [-0.39, 0.29) is 21.6 Å². The minimum absolute atomic E-state index is 0.107. The number of alkyl halides is 6. The number of furan rings is 1. The summed E-state index contributed by atoms with van der Waals surface area (Å²) in [7, 11) is 0. The number of allylic oxidation sites excluding steroid dienone is 2. The van der Waals surface area contributed by atoms with Crippen LogP contribution in [0.1, 0.15) is 21.8 Å². The topological polar surface area (TPSA) is 13.1 Å². The average molecular weight is 452 g/mol. The number of hydrogen-bond acceptors (Lipinski definition) is 2. The molecule has 0 aliphatic heterocycles. The van der Waals surface area contributed by atoms with Crippen LogP contribution in [0, 0.1) is 13.8 Å². The lowest BCUT2D eigenvalue weighted by Crippen LogP contribution is -2.48. The SMILES string of the molecule is Cc1c(C2=C(c3sc4ccccc4c3C)C(F)(F)C(F)(F)C2(F)F)oc2ccccc12. The smallest absolute Gasteiger partial charge is 0.380 e. The van der Waals surface area contributed by atoms with Crippen LogP contribution in [-0.2, 0) is 0 Å². The summed E-state index contributed by atoms with van der Waals surface area (Å²) in [5.74, 6) is -16.5. The van der Waals surface area contributed by atoms with Gasteiger partial charge < -0.3 is 4.42 Å². The number of rotatable bonds is 2. The number of aryl methyl sites for hydroxylation is 2.